The first kappa shape index (κ1) is 20.0. The van der Waals surface area contributed by atoms with Crippen LogP contribution in [0.1, 0.15) is 34.3 Å². The Balaban J connectivity index is 1.53. The van der Waals surface area contributed by atoms with E-state index in [-0.39, 0.29) is 12.5 Å². The average molecular weight is 392 g/mol. The molecule has 148 valence electrons. The van der Waals surface area contributed by atoms with E-state index in [0.717, 1.165) is 17.5 Å². The van der Waals surface area contributed by atoms with Crippen molar-refractivity contribution in [3.05, 3.63) is 77.2 Å². The largest absolute Gasteiger partial charge is 0.465 e. The quantitative estimate of drug-likeness (QED) is 0.445. The van der Waals surface area contributed by atoms with E-state index in [4.69, 9.17) is 9.26 Å². The molecule has 0 aliphatic carbocycles. The number of hydrogen-bond donors (Lipinski definition) is 0. The summed E-state index contributed by atoms with van der Waals surface area (Å²) in [6.45, 7) is 1.96. The van der Waals surface area contributed by atoms with Crippen LogP contribution in [0, 0.1) is 0 Å². The first-order valence-corrected chi connectivity index (χ1v) is 9.04. The van der Waals surface area contributed by atoms with Gasteiger partial charge in [-0.1, -0.05) is 48.5 Å². The van der Waals surface area contributed by atoms with Crippen LogP contribution < -0.4 is 0 Å². The van der Waals surface area contributed by atoms with E-state index in [9.17, 15) is 9.59 Å². The highest BCUT2D eigenvalue weighted by atomic mass is 16.6. The highest BCUT2D eigenvalue weighted by Gasteiger charge is 2.10. The summed E-state index contributed by atoms with van der Waals surface area (Å²) >= 11 is 0. The third-order valence-corrected chi connectivity index (χ3v) is 4.17. The summed E-state index contributed by atoms with van der Waals surface area (Å²) < 4.78 is 14.9. The molecule has 0 saturated carbocycles. The van der Waals surface area contributed by atoms with Gasteiger partial charge in [-0.25, -0.2) is 9.59 Å². The summed E-state index contributed by atoms with van der Waals surface area (Å²) in [5.41, 5.74) is 3.23. The van der Waals surface area contributed by atoms with E-state index in [2.05, 4.69) is 21.8 Å². The van der Waals surface area contributed by atoms with Crippen LogP contribution >= 0.6 is 0 Å². The maximum absolute atomic E-state index is 11.9. The number of hydrogen-bond acceptors (Lipinski definition) is 7. The van der Waals surface area contributed by atoms with Crippen molar-refractivity contribution in [3.8, 4) is 11.4 Å². The molecule has 3 rings (SSSR count). The number of aryl methyl sites for hydroxylation is 1. The molecule has 0 atom stereocenters. The summed E-state index contributed by atoms with van der Waals surface area (Å²) in [6, 6.07) is 14.5. The van der Waals surface area contributed by atoms with Crippen molar-refractivity contribution in [2.24, 2.45) is 0 Å². The summed E-state index contributed by atoms with van der Waals surface area (Å²) in [7, 11) is 1.32. The van der Waals surface area contributed by atoms with E-state index < -0.39 is 11.9 Å². The topological polar surface area (TPSA) is 91.5 Å². The lowest BCUT2D eigenvalue weighted by atomic mass is 10.1. The van der Waals surface area contributed by atoms with Crippen molar-refractivity contribution < 1.29 is 23.6 Å². The molecule has 29 heavy (non-hydrogen) atoms. The Hall–Kier alpha value is -3.74. The second-order valence-corrected chi connectivity index (χ2v) is 6.12. The molecular formula is C22H20N2O5. The van der Waals surface area contributed by atoms with Gasteiger partial charge in [0.15, 0.2) is 6.61 Å². The van der Waals surface area contributed by atoms with Crippen LogP contribution in [-0.4, -0.2) is 29.2 Å². The van der Waals surface area contributed by atoms with Gasteiger partial charge in [0.05, 0.1) is 12.7 Å². The van der Waals surface area contributed by atoms with E-state index >= 15 is 0 Å². The predicted molar refractivity (Wildman–Crippen MR) is 106 cm³/mol. The highest BCUT2D eigenvalue weighted by Crippen LogP contribution is 2.17. The lowest BCUT2D eigenvalue weighted by Crippen LogP contribution is -2.01. The van der Waals surface area contributed by atoms with E-state index in [1.165, 1.54) is 18.7 Å². The lowest BCUT2D eigenvalue weighted by Gasteiger charge is -1.99. The van der Waals surface area contributed by atoms with Gasteiger partial charge in [0.2, 0.25) is 5.82 Å². The third kappa shape index (κ3) is 5.38. The summed E-state index contributed by atoms with van der Waals surface area (Å²) in [6.07, 6.45) is 3.82. The van der Waals surface area contributed by atoms with E-state index in [1.54, 1.807) is 30.3 Å². The summed E-state index contributed by atoms with van der Waals surface area (Å²) in [5, 5.41) is 3.91. The molecule has 7 nitrogen and oxygen atoms in total. The molecule has 2 aromatic carbocycles. The molecular weight excluding hydrogens is 372 g/mol. The predicted octanol–water partition coefficient (Wildman–Crippen LogP) is 3.84. The zero-order valence-electron chi connectivity index (χ0n) is 16.1. The van der Waals surface area contributed by atoms with Crippen LogP contribution in [0.25, 0.3) is 17.5 Å². The molecule has 0 N–H and O–H groups in total. The molecule has 0 aliphatic rings. The van der Waals surface area contributed by atoms with Crippen molar-refractivity contribution in [1.82, 2.24) is 10.1 Å². The van der Waals surface area contributed by atoms with Gasteiger partial charge < -0.3 is 14.0 Å². The maximum atomic E-state index is 11.9. The van der Waals surface area contributed by atoms with Crippen molar-refractivity contribution in [2.45, 2.75) is 20.0 Å². The van der Waals surface area contributed by atoms with Crippen LogP contribution in [0.4, 0.5) is 0 Å². The zero-order chi connectivity index (χ0) is 20.6. The number of rotatable bonds is 7. The van der Waals surface area contributed by atoms with Gasteiger partial charge in [0.1, 0.15) is 0 Å². The van der Waals surface area contributed by atoms with Gasteiger partial charge in [-0.3, -0.25) is 0 Å². The first-order valence-electron chi connectivity index (χ1n) is 9.04. The molecule has 0 unspecified atom stereocenters. The van der Waals surface area contributed by atoms with Crippen molar-refractivity contribution in [3.63, 3.8) is 0 Å². The minimum atomic E-state index is -0.547. The number of methoxy groups -OCH3 is 1. The number of carbonyl (C=O) groups is 2. The molecule has 0 fully saturated rings. The van der Waals surface area contributed by atoms with Crippen molar-refractivity contribution >= 4 is 18.0 Å². The Kier molecular flexibility index (Phi) is 6.52. The second-order valence-electron chi connectivity index (χ2n) is 6.12. The smallest absolute Gasteiger partial charge is 0.337 e. The maximum Gasteiger partial charge on any atom is 0.337 e. The van der Waals surface area contributed by atoms with Gasteiger partial charge >= 0.3 is 11.9 Å². The van der Waals surface area contributed by atoms with Crippen LogP contribution in [0.3, 0.4) is 0 Å². The standard InChI is InChI=1S/C22H20N2O5/c1-3-15-4-9-17(10-5-15)21-23-19(29-24-21)14-28-20(25)13-8-16-6-11-18(12-7-16)22(26)27-2/h4-13H,3,14H2,1-2H3/b13-8+. The third-order valence-electron chi connectivity index (χ3n) is 4.17. The van der Waals surface area contributed by atoms with Gasteiger partial charge in [-0.15, -0.1) is 0 Å². The average Bonchev–Trinajstić information content (AvgIpc) is 3.25. The van der Waals surface area contributed by atoms with Gasteiger partial charge in [-0.2, -0.15) is 4.98 Å². The minimum Gasteiger partial charge on any atom is -0.465 e. The number of esters is 2. The number of carbonyl (C=O) groups excluding carboxylic acids is 2. The molecule has 0 saturated heterocycles. The molecule has 0 amide bonds. The molecule has 0 spiro atoms. The molecule has 1 heterocycles. The molecule has 0 radical (unpaired) electrons. The first-order chi connectivity index (χ1) is 14.1. The fourth-order valence-electron chi connectivity index (χ4n) is 2.51. The van der Waals surface area contributed by atoms with Gasteiger partial charge in [0, 0.05) is 11.6 Å². The fraction of sp³-hybridized carbons (Fsp3) is 0.182. The SMILES string of the molecule is CCc1ccc(-c2noc(COC(=O)/C=C/c3ccc(C(=O)OC)cc3)n2)cc1. The van der Waals surface area contributed by atoms with Crippen molar-refractivity contribution in [1.29, 1.82) is 0 Å². The summed E-state index contributed by atoms with van der Waals surface area (Å²) in [5.74, 6) is -0.307. The zero-order valence-corrected chi connectivity index (χ0v) is 16.1. The normalized spacial score (nSPS) is 10.8. The minimum absolute atomic E-state index is 0.121. The monoisotopic (exact) mass is 392 g/mol. The van der Waals surface area contributed by atoms with E-state index in [0.29, 0.717) is 11.4 Å². The number of nitrogens with zero attached hydrogens (tertiary/aromatic N) is 2. The lowest BCUT2D eigenvalue weighted by molar-refractivity contribution is -0.139. The van der Waals surface area contributed by atoms with Crippen LogP contribution in [-0.2, 0) is 27.3 Å². The van der Waals surface area contributed by atoms with Crippen LogP contribution in [0.2, 0.25) is 0 Å². The Labute approximate surface area is 168 Å². The van der Waals surface area contributed by atoms with Crippen LogP contribution in [0.15, 0.2) is 59.1 Å². The molecule has 1 aromatic heterocycles. The second kappa shape index (κ2) is 9.45. The van der Waals surface area contributed by atoms with Crippen LogP contribution in [0.5, 0.6) is 0 Å². The Morgan fingerprint density at radius 2 is 1.79 bits per heavy atom. The molecule has 3 aromatic rings. The highest BCUT2D eigenvalue weighted by molar-refractivity contribution is 5.90. The molecule has 7 heteroatoms. The molecule has 0 aliphatic heterocycles. The summed E-state index contributed by atoms with van der Waals surface area (Å²) in [4.78, 5) is 27.5. The number of benzene rings is 2. The Morgan fingerprint density at radius 1 is 1.07 bits per heavy atom. The molecule has 0 bridgehead atoms. The Bertz CT molecular complexity index is 1000. The van der Waals surface area contributed by atoms with E-state index in [1.807, 2.05) is 24.3 Å². The number of ether oxygens (including phenoxy) is 2. The van der Waals surface area contributed by atoms with Gasteiger partial charge in [0.25, 0.3) is 5.89 Å². The Morgan fingerprint density at radius 3 is 2.45 bits per heavy atom. The number of aromatic nitrogens is 2. The van der Waals surface area contributed by atoms with Gasteiger partial charge in [-0.05, 0) is 35.8 Å². The fourth-order valence-corrected chi connectivity index (χ4v) is 2.51. The van der Waals surface area contributed by atoms with Crippen molar-refractivity contribution in [2.75, 3.05) is 7.11 Å².